The number of benzene rings is 1. The van der Waals surface area contributed by atoms with Gasteiger partial charge in [-0.05, 0) is 61.9 Å². The summed E-state index contributed by atoms with van der Waals surface area (Å²) in [5.41, 5.74) is 0.920. The van der Waals surface area contributed by atoms with Crippen LogP contribution < -0.4 is 10.3 Å². The van der Waals surface area contributed by atoms with Crippen molar-refractivity contribution in [2.24, 2.45) is 5.92 Å². The lowest BCUT2D eigenvalue weighted by atomic mass is 9.89. The molecule has 1 aliphatic carbocycles. The Hall–Kier alpha value is -2.74. The van der Waals surface area contributed by atoms with Crippen molar-refractivity contribution in [3.8, 4) is 5.75 Å². The Bertz CT molecular complexity index is 1110. The SMILES string of the molecule is C[C@H]1CCc2c(sc3nc([C@H](C)OC(=O)COc4ccc(F)cc4)[nH]c(=O)c23)C1. The summed E-state index contributed by atoms with van der Waals surface area (Å²) in [5.74, 6) is 0.286. The van der Waals surface area contributed by atoms with Crippen molar-refractivity contribution in [1.82, 2.24) is 9.97 Å². The number of ether oxygens (including phenoxy) is 2. The first-order valence-corrected chi connectivity index (χ1v) is 10.3. The van der Waals surface area contributed by atoms with E-state index >= 15 is 0 Å². The molecule has 0 saturated heterocycles. The number of H-pyrrole nitrogens is 1. The quantitative estimate of drug-likeness (QED) is 0.638. The average Bonchev–Trinajstić information content (AvgIpc) is 3.05. The summed E-state index contributed by atoms with van der Waals surface area (Å²) in [6, 6.07) is 5.35. The summed E-state index contributed by atoms with van der Waals surface area (Å²) in [5, 5.41) is 0.666. The predicted octanol–water partition coefficient (Wildman–Crippen LogP) is 3.93. The van der Waals surface area contributed by atoms with Gasteiger partial charge in [-0.2, -0.15) is 0 Å². The predicted molar refractivity (Wildman–Crippen MR) is 108 cm³/mol. The first kappa shape index (κ1) is 19.6. The molecule has 1 aromatic carbocycles. The van der Waals surface area contributed by atoms with Crippen molar-refractivity contribution in [2.45, 2.75) is 39.2 Å². The smallest absolute Gasteiger partial charge is 0.344 e. The van der Waals surface area contributed by atoms with E-state index in [9.17, 15) is 14.0 Å². The molecule has 29 heavy (non-hydrogen) atoms. The molecule has 3 aromatic rings. The second-order valence-corrected chi connectivity index (χ2v) is 8.44. The van der Waals surface area contributed by atoms with Gasteiger partial charge in [-0.15, -0.1) is 11.3 Å². The van der Waals surface area contributed by atoms with Crippen LogP contribution in [-0.4, -0.2) is 22.5 Å². The van der Waals surface area contributed by atoms with Crippen LogP contribution in [-0.2, 0) is 22.4 Å². The summed E-state index contributed by atoms with van der Waals surface area (Å²) in [4.78, 5) is 34.0. The molecule has 152 valence electrons. The molecule has 1 N–H and O–H groups in total. The van der Waals surface area contributed by atoms with E-state index in [0.717, 1.165) is 24.8 Å². The largest absolute Gasteiger partial charge is 0.482 e. The van der Waals surface area contributed by atoms with Crippen LogP contribution >= 0.6 is 11.3 Å². The number of carbonyl (C=O) groups is 1. The van der Waals surface area contributed by atoms with E-state index in [4.69, 9.17) is 9.47 Å². The van der Waals surface area contributed by atoms with Crippen LogP contribution in [0.15, 0.2) is 29.1 Å². The fraction of sp³-hybridized carbons (Fsp3) is 0.381. The monoisotopic (exact) mass is 416 g/mol. The van der Waals surface area contributed by atoms with Crippen LogP contribution in [0.2, 0.25) is 0 Å². The van der Waals surface area contributed by atoms with Gasteiger partial charge in [0.05, 0.1) is 5.39 Å². The highest BCUT2D eigenvalue weighted by atomic mass is 32.1. The van der Waals surface area contributed by atoms with Gasteiger partial charge in [-0.3, -0.25) is 4.79 Å². The topological polar surface area (TPSA) is 81.3 Å². The molecular weight excluding hydrogens is 395 g/mol. The Morgan fingerprint density at radius 1 is 1.38 bits per heavy atom. The first-order valence-electron chi connectivity index (χ1n) is 9.53. The number of rotatable bonds is 5. The molecule has 0 saturated carbocycles. The summed E-state index contributed by atoms with van der Waals surface area (Å²) in [7, 11) is 0. The number of hydrogen-bond donors (Lipinski definition) is 1. The molecule has 0 spiro atoms. The van der Waals surface area contributed by atoms with Crippen LogP contribution in [0.1, 0.15) is 42.6 Å². The maximum absolute atomic E-state index is 12.9. The second kappa shape index (κ2) is 7.94. The minimum atomic E-state index is -0.727. The Labute approximate surface area is 170 Å². The maximum Gasteiger partial charge on any atom is 0.344 e. The molecule has 0 amide bonds. The van der Waals surface area contributed by atoms with E-state index in [0.29, 0.717) is 27.7 Å². The molecule has 1 aliphatic rings. The van der Waals surface area contributed by atoms with Crippen molar-refractivity contribution in [2.75, 3.05) is 6.61 Å². The van der Waals surface area contributed by atoms with E-state index in [-0.39, 0.29) is 18.0 Å². The van der Waals surface area contributed by atoms with E-state index in [1.165, 1.54) is 29.1 Å². The highest BCUT2D eigenvalue weighted by Gasteiger charge is 2.24. The average molecular weight is 416 g/mol. The van der Waals surface area contributed by atoms with E-state index in [2.05, 4.69) is 16.9 Å². The third-order valence-corrected chi connectivity index (χ3v) is 6.20. The van der Waals surface area contributed by atoms with E-state index in [1.807, 2.05) is 0 Å². The van der Waals surface area contributed by atoms with Crippen LogP contribution in [0.25, 0.3) is 10.2 Å². The zero-order valence-corrected chi connectivity index (χ0v) is 17.0. The third-order valence-electron chi connectivity index (χ3n) is 5.05. The molecule has 0 fully saturated rings. The van der Waals surface area contributed by atoms with Crippen molar-refractivity contribution >= 4 is 27.5 Å². The normalized spacial score (nSPS) is 17.0. The minimum absolute atomic E-state index is 0.192. The number of nitrogens with zero attached hydrogens (tertiary/aromatic N) is 1. The number of halogens is 1. The van der Waals surface area contributed by atoms with Crippen molar-refractivity contribution < 1.29 is 18.7 Å². The van der Waals surface area contributed by atoms with Gasteiger partial charge in [0, 0.05) is 4.88 Å². The molecule has 2 aromatic heterocycles. The Balaban J connectivity index is 1.46. The zero-order chi connectivity index (χ0) is 20.5. The molecule has 4 rings (SSSR count). The molecule has 0 bridgehead atoms. The second-order valence-electron chi connectivity index (χ2n) is 7.36. The lowest BCUT2D eigenvalue weighted by Crippen LogP contribution is -2.21. The first-order chi connectivity index (χ1) is 13.9. The number of carbonyl (C=O) groups excluding carboxylic acids is 1. The summed E-state index contributed by atoms with van der Waals surface area (Å²) >= 11 is 1.55. The third kappa shape index (κ3) is 4.17. The molecule has 2 atom stereocenters. The highest BCUT2D eigenvalue weighted by Crippen LogP contribution is 2.35. The minimum Gasteiger partial charge on any atom is -0.482 e. The Kier molecular flexibility index (Phi) is 5.36. The highest BCUT2D eigenvalue weighted by molar-refractivity contribution is 7.18. The van der Waals surface area contributed by atoms with Gasteiger partial charge in [-0.1, -0.05) is 6.92 Å². The number of aryl methyl sites for hydroxylation is 1. The number of aromatic amines is 1. The zero-order valence-electron chi connectivity index (χ0n) is 16.2. The van der Waals surface area contributed by atoms with Crippen LogP contribution in [0.3, 0.4) is 0 Å². The lowest BCUT2D eigenvalue weighted by Gasteiger charge is -2.17. The maximum atomic E-state index is 12.9. The summed E-state index contributed by atoms with van der Waals surface area (Å²) in [6.45, 7) is 3.54. The van der Waals surface area contributed by atoms with Gasteiger partial charge in [-0.25, -0.2) is 14.2 Å². The molecule has 0 radical (unpaired) electrons. The standard InChI is InChI=1S/C21H21FN2O4S/c1-11-3-8-15-16(9-11)29-21-18(15)20(26)23-19(24-21)12(2)28-17(25)10-27-14-6-4-13(22)5-7-14/h4-7,11-12H,3,8-10H2,1-2H3,(H,23,24,26)/t11-,12-/m0/s1. The fourth-order valence-electron chi connectivity index (χ4n) is 3.52. The van der Waals surface area contributed by atoms with E-state index < -0.39 is 12.1 Å². The molecule has 6 nitrogen and oxygen atoms in total. The Morgan fingerprint density at radius 2 is 2.14 bits per heavy atom. The van der Waals surface area contributed by atoms with Crippen molar-refractivity contribution in [3.05, 3.63) is 56.7 Å². The number of thiophene rings is 1. The van der Waals surface area contributed by atoms with Gasteiger partial charge < -0.3 is 14.5 Å². The van der Waals surface area contributed by atoms with Gasteiger partial charge in [0.15, 0.2) is 18.5 Å². The lowest BCUT2D eigenvalue weighted by molar-refractivity contribution is -0.151. The number of aromatic nitrogens is 2. The number of esters is 1. The van der Waals surface area contributed by atoms with E-state index in [1.54, 1.807) is 18.3 Å². The van der Waals surface area contributed by atoms with Crippen molar-refractivity contribution in [1.29, 1.82) is 0 Å². The van der Waals surface area contributed by atoms with Crippen LogP contribution in [0.4, 0.5) is 4.39 Å². The molecule has 0 unspecified atom stereocenters. The van der Waals surface area contributed by atoms with Gasteiger partial charge in [0.25, 0.3) is 5.56 Å². The number of nitrogens with one attached hydrogen (secondary N) is 1. The Morgan fingerprint density at radius 3 is 2.90 bits per heavy atom. The van der Waals surface area contributed by atoms with Crippen molar-refractivity contribution in [3.63, 3.8) is 0 Å². The van der Waals surface area contributed by atoms with Crippen LogP contribution in [0.5, 0.6) is 5.75 Å². The van der Waals surface area contributed by atoms with Gasteiger partial charge in [0.1, 0.15) is 16.4 Å². The number of fused-ring (bicyclic) bond motifs is 3. The summed E-state index contributed by atoms with van der Waals surface area (Å²) in [6.07, 6.45) is 2.21. The van der Waals surface area contributed by atoms with Gasteiger partial charge >= 0.3 is 5.97 Å². The molecular formula is C21H21FN2O4S. The van der Waals surface area contributed by atoms with Gasteiger partial charge in [0.2, 0.25) is 0 Å². The van der Waals surface area contributed by atoms with Crippen LogP contribution in [0, 0.1) is 11.7 Å². The molecule has 0 aliphatic heterocycles. The summed E-state index contributed by atoms with van der Waals surface area (Å²) < 4.78 is 23.5. The molecule has 2 heterocycles. The number of hydrogen-bond acceptors (Lipinski definition) is 6. The fourth-order valence-corrected chi connectivity index (χ4v) is 4.91. The molecule has 8 heteroatoms.